The molecule has 0 aromatic rings. The fourth-order valence-electron chi connectivity index (χ4n) is 0.139. The standard InChI is InChI=1S/Au.H4O7P2/c;1-8(2,3)7-9(4,5)6/h;(H2,1,2,3)(H2,4,5,6). The number of hydrogen-bond donors (Lipinski definition) is 4. The summed E-state index contributed by atoms with van der Waals surface area (Å²) in [6.45, 7) is 0. The SMILES string of the molecule is O=P(O)(O)OP(=O)(O)O.[Au]. The van der Waals surface area contributed by atoms with E-state index in [1.54, 1.807) is 0 Å². The van der Waals surface area contributed by atoms with E-state index in [1.807, 2.05) is 0 Å². The second kappa shape index (κ2) is 4.13. The summed E-state index contributed by atoms with van der Waals surface area (Å²) >= 11 is 0. The summed E-state index contributed by atoms with van der Waals surface area (Å²) in [7, 11) is -10.1. The molecule has 0 aliphatic heterocycles. The summed E-state index contributed by atoms with van der Waals surface area (Å²) in [6.07, 6.45) is 0. The number of rotatable bonds is 2. The molecule has 0 amide bonds. The van der Waals surface area contributed by atoms with Gasteiger partial charge in [-0.3, -0.25) is 0 Å². The molecule has 0 atom stereocenters. The van der Waals surface area contributed by atoms with E-state index in [0.717, 1.165) is 0 Å². The second-order valence-electron chi connectivity index (χ2n) is 1.06. The van der Waals surface area contributed by atoms with Crippen LogP contribution >= 0.6 is 15.6 Å². The number of hydrogen-bond acceptors (Lipinski definition) is 3. The first kappa shape index (κ1) is 13.6. The number of phosphoric acid groups is 2. The van der Waals surface area contributed by atoms with Crippen molar-refractivity contribution < 1.29 is 55.4 Å². The Morgan fingerprint density at radius 3 is 1.10 bits per heavy atom. The Morgan fingerprint density at radius 2 is 1.10 bits per heavy atom. The third-order valence-electron chi connectivity index (χ3n) is 0.213. The van der Waals surface area contributed by atoms with Crippen molar-refractivity contribution in [2.24, 2.45) is 0 Å². The van der Waals surface area contributed by atoms with Crippen LogP contribution in [-0.2, 0) is 35.8 Å². The van der Waals surface area contributed by atoms with Crippen LogP contribution in [0.15, 0.2) is 0 Å². The third-order valence-corrected chi connectivity index (χ3v) is 1.91. The summed E-state index contributed by atoms with van der Waals surface area (Å²) in [5.41, 5.74) is 0. The monoisotopic (exact) mass is 375 g/mol. The molecular formula is H4AuO7P2. The van der Waals surface area contributed by atoms with E-state index in [2.05, 4.69) is 4.31 Å². The fraction of sp³-hybridized carbons (Fsp3) is 0. The Morgan fingerprint density at radius 1 is 0.900 bits per heavy atom. The van der Waals surface area contributed by atoms with Crippen LogP contribution in [0.1, 0.15) is 0 Å². The first-order valence-electron chi connectivity index (χ1n) is 1.53. The molecule has 0 saturated heterocycles. The molecule has 10 heavy (non-hydrogen) atoms. The molecule has 10 heteroatoms. The van der Waals surface area contributed by atoms with Gasteiger partial charge in [0.2, 0.25) is 0 Å². The minimum absolute atomic E-state index is 0. The van der Waals surface area contributed by atoms with E-state index in [4.69, 9.17) is 19.6 Å². The molecule has 0 rings (SSSR count). The van der Waals surface area contributed by atoms with Gasteiger partial charge in [-0.25, -0.2) is 9.13 Å². The van der Waals surface area contributed by atoms with Crippen molar-refractivity contribution in [3.8, 4) is 0 Å². The second-order valence-corrected chi connectivity index (χ2v) is 3.68. The zero-order chi connectivity index (χ0) is 7.71. The molecule has 0 unspecified atom stereocenters. The Labute approximate surface area is 71.4 Å². The van der Waals surface area contributed by atoms with Crippen molar-refractivity contribution in [1.82, 2.24) is 0 Å². The molecule has 0 spiro atoms. The average molecular weight is 375 g/mol. The van der Waals surface area contributed by atoms with Gasteiger partial charge in [0.05, 0.1) is 0 Å². The van der Waals surface area contributed by atoms with E-state index in [9.17, 15) is 9.13 Å². The van der Waals surface area contributed by atoms with Crippen LogP contribution in [0.3, 0.4) is 0 Å². The van der Waals surface area contributed by atoms with Gasteiger partial charge in [0.15, 0.2) is 0 Å². The van der Waals surface area contributed by atoms with E-state index in [0.29, 0.717) is 0 Å². The largest absolute Gasteiger partial charge is 0.478 e. The van der Waals surface area contributed by atoms with Gasteiger partial charge in [0.25, 0.3) is 0 Å². The van der Waals surface area contributed by atoms with Gasteiger partial charge in [-0.2, -0.15) is 4.31 Å². The quantitative estimate of drug-likeness (QED) is 0.368. The third kappa shape index (κ3) is 11.8. The van der Waals surface area contributed by atoms with Gasteiger partial charge in [-0.1, -0.05) is 0 Å². The molecule has 0 aromatic carbocycles. The van der Waals surface area contributed by atoms with Crippen LogP contribution < -0.4 is 0 Å². The van der Waals surface area contributed by atoms with Gasteiger partial charge in [-0.15, -0.1) is 0 Å². The molecule has 0 bridgehead atoms. The van der Waals surface area contributed by atoms with E-state index in [1.165, 1.54) is 0 Å². The van der Waals surface area contributed by atoms with Crippen LogP contribution in [0, 0.1) is 0 Å². The summed E-state index contributed by atoms with van der Waals surface area (Å²) in [5, 5.41) is 0. The molecule has 0 aliphatic rings. The van der Waals surface area contributed by atoms with Crippen LogP contribution in [0.4, 0.5) is 0 Å². The molecule has 7 nitrogen and oxygen atoms in total. The normalized spacial score (nSPS) is 12.4. The molecule has 0 heterocycles. The minimum atomic E-state index is -5.05. The molecule has 0 aliphatic carbocycles. The van der Waals surface area contributed by atoms with Crippen molar-refractivity contribution >= 4 is 15.6 Å². The predicted molar refractivity (Wildman–Crippen MR) is 25.2 cm³/mol. The van der Waals surface area contributed by atoms with Crippen LogP contribution in [-0.4, -0.2) is 19.6 Å². The molecule has 67 valence electrons. The first-order chi connectivity index (χ1) is 3.71. The summed E-state index contributed by atoms with van der Waals surface area (Å²) in [4.78, 5) is 31.0. The maximum Gasteiger partial charge on any atom is 0.478 e. The average Bonchev–Trinajstić information content (AvgIpc) is 1.14. The van der Waals surface area contributed by atoms with E-state index >= 15 is 0 Å². The van der Waals surface area contributed by atoms with Crippen molar-refractivity contribution in [1.29, 1.82) is 0 Å². The van der Waals surface area contributed by atoms with Crippen molar-refractivity contribution in [2.45, 2.75) is 0 Å². The van der Waals surface area contributed by atoms with Gasteiger partial charge < -0.3 is 19.6 Å². The van der Waals surface area contributed by atoms with Gasteiger partial charge >= 0.3 is 15.6 Å². The maximum absolute atomic E-state index is 9.63. The van der Waals surface area contributed by atoms with Gasteiger partial charge in [0.1, 0.15) is 0 Å². The zero-order valence-electron chi connectivity index (χ0n) is 4.21. The Balaban J connectivity index is 0. The van der Waals surface area contributed by atoms with E-state index < -0.39 is 15.6 Å². The van der Waals surface area contributed by atoms with Crippen LogP contribution in [0.5, 0.6) is 0 Å². The smallest absolute Gasteiger partial charge is 0.302 e. The first-order valence-corrected chi connectivity index (χ1v) is 4.59. The Kier molecular flexibility index (Phi) is 5.61. The van der Waals surface area contributed by atoms with Crippen molar-refractivity contribution in [2.75, 3.05) is 0 Å². The Hall–Kier alpha value is 1.00. The maximum atomic E-state index is 9.63. The zero-order valence-corrected chi connectivity index (χ0v) is 8.16. The molecule has 1 radical (unpaired) electrons. The van der Waals surface area contributed by atoms with Crippen LogP contribution in [0.25, 0.3) is 0 Å². The fourth-order valence-corrected chi connectivity index (χ4v) is 1.25. The molecule has 0 fully saturated rings. The van der Waals surface area contributed by atoms with E-state index in [-0.39, 0.29) is 22.4 Å². The molecule has 0 saturated carbocycles. The van der Waals surface area contributed by atoms with Crippen molar-refractivity contribution in [3.63, 3.8) is 0 Å². The molecular weight excluding hydrogens is 371 g/mol. The molecule has 4 N–H and O–H groups in total. The summed E-state index contributed by atoms with van der Waals surface area (Å²) in [5.74, 6) is 0. The predicted octanol–water partition coefficient (Wildman–Crippen LogP) is -0.814. The van der Waals surface area contributed by atoms with Crippen molar-refractivity contribution in [3.05, 3.63) is 0 Å². The van der Waals surface area contributed by atoms with Gasteiger partial charge in [0, 0.05) is 22.4 Å². The van der Waals surface area contributed by atoms with Gasteiger partial charge in [-0.05, 0) is 0 Å². The Bertz CT molecular complexity index is 152. The van der Waals surface area contributed by atoms with Crippen LogP contribution in [0.2, 0.25) is 0 Å². The minimum Gasteiger partial charge on any atom is -0.302 e. The molecule has 0 aromatic heterocycles. The topological polar surface area (TPSA) is 124 Å². The summed E-state index contributed by atoms with van der Waals surface area (Å²) in [6, 6.07) is 0. The summed E-state index contributed by atoms with van der Waals surface area (Å²) < 4.78 is 22.2.